The normalized spacial score (nSPS) is 16.5. The van der Waals surface area contributed by atoms with Crippen molar-refractivity contribution in [3.05, 3.63) is 46.5 Å². The Balaban J connectivity index is 1.64. The predicted molar refractivity (Wildman–Crippen MR) is 107 cm³/mol. The molecule has 0 aliphatic carbocycles. The number of thiazole rings is 1. The molecule has 0 saturated carbocycles. The van der Waals surface area contributed by atoms with Crippen LogP contribution in [0.4, 0.5) is 5.13 Å². The molecule has 7 nitrogen and oxygen atoms in total. The van der Waals surface area contributed by atoms with E-state index in [1.54, 1.807) is 29.3 Å². The minimum atomic E-state index is -0.295. The Morgan fingerprint density at radius 2 is 2.11 bits per heavy atom. The van der Waals surface area contributed by atoms with Crippen molar-refractivity contribution in [1.29, 1.82) is 0 Å². The molecule has 1 atom stereocenters. The van der Waals surface area contributed by atoms with Crippen molar-refractivity contribution in [1.82, 2.24) is 9.88 Å². The highest BCUT2D eigenvalue weighted by atomic mass is 32.1. The van der Waals surface area contributed by atoms with Gasteiger partial charge in [0.25, 0.3) is 11.8 Å². The molecule has 1 saturated heterocycles. The standard InChI is InChI=1S/C20H23N3O4S/c1-3-27-19(26)14-8-6-10-23(11-14)18(25)16-12-28-20(21-16)22-17(24)15-9-5-4-7-13(15)2/h4-5,7,9,12,14H,3,6,8,10-11H2,1-2H3,(H,21,22,24)/t14-/m1/s1. The Labute approximate surface area is 167 Å². The molecule has 3 rings (SSSR count). The molecule has 2 heterocycles. The molecule has 2 aromatic rings. The van der Waals surface area contributed by atoms with Crippen molar-refractivity contribution >= 4 is 34.3 Å². The number of piperidine rings is 1. The van der Waals surface area contributed by atoms with Crippen LogP contribution in [0.2, 0.25) is 0 Å². The fraction of sp³-hybridized carbons (Fsp3) is 0.400. The summed E-state index contributed by atoms with van der Waals surface area (Å²) in [4.78, 5) is 43.0. The number of likely N-dealkylation sites (tertiary alicyclic amines) is 1. The van der Waals surface area contributed by atoms with E-state index < -0.39 is 0 Å². The van der Waals surface area contributed by atoms with Gasteiger partial charge in [0.2, 0.25) is 0 Å². The van der Waals surface area contributed by atoms with E-state index in [4.69, 9.17) is 4.74 Å². The summed E-state index contributed by atoms with van der Waals surface area (Å²) in [6, 6.07) is 7.28. The fourth-order valence-electron chi connectivity index (χ4n) is 3.20. The van der Waals surface area contributed by atoms with Gasteiger partial charge < -0.3 is 9.64 Å². The SMILES string of the molecule is CCOC(=O)[C@@H]1CCCN(C(=O)c2csc(NC(=O)c3ccccc3C)n2)C1. The predicted octanol–water partition coefficient (Wildman–Crippen LogP) is 3.12. The number of amides is 2. The summed E-state index contributed by atoms with van der Waals surface area (Å²) in [5.74, 6) is -1.05. The molecular weight excluding hydrogens is 378 g/mol. The number of rotatable bonds is 5. The first-order valence-electron chi connectivity index (χ1n) is 9.28. The van der Waals surface area contributed by atoms with Crippen LogP contribution in [-0.4, -0.2) is 47.4 Å². The minimum Gasteiger partial charge on any atom is -0.466 e. The summed E-state index contributed by atoms with van der Waals surface area (Å²) in [5.41, 5.74) is 1.71. The van der Waals surface area contributed by atoms with E-state index in [0.717, 1.165) is 18.4 Å². The molecule has 0 spiro atoms. The van der Waals surface area contributed by atoms with Gasteiger partial charge >= 0.3 is 5.97 Å². The Hall–Kier alpha value is -2.74. The highest BCUT2D eigenvalue weighted by Crippen LogP contribution is 2.23. The van der Waals surface area contributed by atoms with Crippen LogP contribution in [0.25, 0.3) is 0 Å². The molecule has 1 aliphatic heterocycles. The lowest BCUT2D eigenvalue weighted by molar-refractivity contribution is -0.149. The fourth-order valence-corrected chi connectivity index (χ4v) is 3.88. The van der Waals surface area contributed by atoms with E-state index >= 15 is 0 Å². The Morgan fingerprint density at radius 3 is 2.86 bits per heavy atom. The molecule has 28 heavy (non-hydrogen) atoms. The number of aryl methyl sites for hydroxylation is 1. The van der Waals surface area contributed by atoms with E-state index in [1.165, 1.54) is 11.3 Å². The van der Waals surface area contributed by atoms with Crippen LogP contribution in [0.1, 0.15) is 46.2 Å². The van der Waals surface area contributed by atoms with Gasteiger partial charge in [-0.3, -0.25) is 19.7 Å². The molecular formula is C20H23N3O4S. The van der Waals surface area contributed by atoms with Crippen molar-refractivity contribution in [2.75, 3.05) is 25.0 Å². The number of anilines is 1. The van der Waals surface area contributed by atoms with Gasteiger partial charge in [0.05, 0.1) is 12.5 Å². The van der Waals surface area contributed by atoms with Crippen molar-refractivity contribution < 1.29 is 19.1 Å². The first-order valence-corrected chi connectivity index (χ1v) is 10.2. The number of ether oxygens (including phenoxy) is 1. The van der Waals surface area contributed by atoms with Gasteiger partial charge in [-0.1, -0.05) is 18.2 Å². The molecule has 148 valence electrons. The second kappa shape index (κ2) is 8.97. The van der Waals surface area contributed by atoms with Crippen molar-refractivity contribution in [3.8, 4) is 0 Å². The average Bonchev–Trinajstić information content (AvgIpc) is 3.16. The van der Waals surface area contributed by atoms with E-state index in [-0.39, 0.29) is 29.4 Å². The van der Waals surface area contributed by atoms with E-state index in [2.05, 4.69) is 10.3 Å². The van der Waals surface area contributed by atoms with E-state index in [9.17, 15) is 14.4 Å². The number of carbonyl (C=O) groups excluding carboxylic acids is 3. The second-order valence-electron chi connectivity index (χ2n) is 6.65. The van der Waals surface area contributed by atoms with Crippen LogP contribution in [0.15, 0.2) is 29.6 Å². The van der Waals surface area contributed by atoms with Crippen LogP contribution in [0.5, 0.6) is 0 Å². The van der Waals surface area contributed by atoms with Crippen molar-refractivity contribution in [3.63, 3.8) is 0 Å². The summed E-state index contributed by atoms with van der Waals surface area (Å²) >= 11 is 1.20. The number of benzene rings is 1. The molecule has 8 heteroatoms. The number of esters is 1. The van der Waals surface area contributed by atoms with E-state index in [1.807, 2.05) is 19.1 Å². The molecule has 1 fully saturated rings. The third-order valence-corrected chi connectivity index (χ3v) is 5.42. The lowest BCUT2D eigenvalue weighted by Crippen LogP contribution is -2.43. The maximum atomic E-state index is 12.8. The summed E-state index contributed by atoms with van der Waals surface area (Å²) < 4.78 is 5.08. The molecule has 0 unspecified atom stereocenters. The summed E-state index contributed by atoms with van der Waals surface area (Å²) in [7, 11) is 0. The van der Waals surface area contributed by atoms with Crippen LogP contribution in [0, 0.1) is 12.8 Å². The maximum Gasteiger partial charge on any atom is 0.310 e. The summed E-state index contributed by atoms with van der Waals surface area (Å²) in [6.45, 7) is 4.88. The van der Waals surface area contributed by atoms with Crippen LogP contribution in [0.3, 0.4) is 0 Å². The minimum absolute atomic E-state index is 0.235. The maximum absolute atomic E-state index is 12.8. The average molecular weight is 401 g/mol. The topological polar surface area (TPSA) is 88.6 Å². The first kappa shape index (κ1) is 20.0. The second-order valence-corrected chi connectivity index (χ2v) is 7.51. The quantitative estimate of drug-likeness (QED) is 0.778. The molecule has 0 bridgehead atoms. The molecule has 1 N–H and O–H groups in total. The number of hydrogen-bond donors (Lipinski definition) is 1. The van der Waals surface area contributed by atoms with Crippen molar-refractivity contribution in [2.45, 2.75) is 26.7 Å². The Bertz CT molecular complexity index is 880. The van der Waals surface area contributed by atoms with Crippen LogP contribution >= 0.6 is 11.3 Å². The third kappa shape index (κ3) is 4.56. The molecule has 1 aromatic carbocycles. The third-order valence-electron chi connectivity index (χ3n) is 4.66. The number of aromatic nitrogens is 1. The van der Waals surface area contributed by atoms with Gasteiger partial charge in [0.15, 0.2) is 5.13 Å². The van der Waals surface area contributed by atoms with Gasteiger partial charge in [0.1, 0.15) is 5.69 Å². The molecule has 2 amide bonds. The van der Waals surface area contributed by atoms with Gasteiger partial charge in [-0.2, -0.15) is 0 Å². The zero-order chi connectivity index (χ0) is 20.1. The zero-order valence-corrected chi connectivity index (χ0v) is 16.8. The van der Waals surface area contributed by atoms with Gasteiger partial charge in [-0.15, -0.1) is 11.3 Å². The van der Waals surface area contributed by atoms with Gasteiger partial charge in [-0.05, 0) is 38.3 Å². The highest BCUT2D eigenvalue weighted by molar-refractivity contribution is 7.14. The number of nitrogens with one attached hydrogen (secondary N) is 1. The Morgan fingerprint density at radius 1 is 1.32 bits per heavy atom. The summed E-state index contributed by atoms with van der Waals surface area (Å²) in [6.07, 6.45) is 1.47. The molecule has 1 aliphatic rings. The largest absolute Gasteiger partial charge is 0.466 e. The smallest absolute Gasteiger partial charge is 0.310 e. The number of hydrogen-bond acceptors (Lipinski definition) is 6. The Kier molecular flexibility index (Phi) is 6.41. The highest BCUT2D eigenvalue weighted by Gasteiger charge is 2.30. The zero-order valence-electron chi connectivity index (χ0n) is 15.9. The van der Waals surface area contributed by atoms with Crippen molar-refractivity contribution in [2.24, 2.45) is 5.92 Å². The molecule has 0 radical (unpaired) electrons. The van der Waals surface area contributed by atoms with Gasteiger partial charge in [-0.25, -0.2) is 4.98 Å². The number of nitrogens with zero attached hydrogens (tertiary/aromatic N) is 2. The van der Waals surface area contributed by atoms with Crippen LogP contribution < -0.4 is 5.32 Å². The monoisotopic (exact) mass is 401 g/mol. The number of carbonyl (C=O) groups is 3. The lowest BCUT2D eigenvalue weighted by atomic mass is 9.98. The van der Waals surface area contributed by atoms with Crippen LogP contribution in [-0.2, 0) is 9.53 Å². The van der Waals surface area contributed by atoms with Gasteiger partial charge in [0, 0.05) is 24.0 Å². The molecule has 1 aromatic heterocycles. The lowest BCUT2D eigenvalue weighted by Gasteiger charge is -2.31. The summed E-state index contributed by atoms with van der Waals surface area (Å²) in [5, 5.41) is 4.74. The van der Waals surface area contributed by atoms with E-state index in [0.29, 0.717) is 30.4 Å². The first-order chi connectivity index (χ1) is 13.5.